The fraction of sp³-hybridized carbons (Fsp3) is 0.381. The van der Waals surface area contributed by atoms with Crippen LogP contribution in [0.1, 0.15) is 36.0 Å². The Morgan fingerprint density at radius 1 is 1.00 bits per heavy atom. The van der Waals surface area contributed by atoms with Gasteiger partial charge in [0, 0.05) is 24.3 Å². The Morgan fingerprint density at radius 3 is 2.23 bits per heavy atom. The number of amides is 1. The molecule has 1 aliphatic heterocycles. The third-order valence-corrected chi connectivity index (χ3v) is 6.87. The van der Waals surface area contributed by atoms with Gasteiger partial charge in [-0.15, -0.1) is 0 Å². The van der Waals surface area contributed by atoms with Crippen molar-refractivity contribution in [1.82, 2.24) is 4.31 Å². The van der Waals surface area contributed by atoms with Crippen molar-refractivity contribution in [2.24, 2.45) is 0 Å². The molecular weight excluding hydrogens is 430 g/mol. The van der Waals surface area contributed by atoms with Crippen LogP contribution in [0.5, 0.6) is 11.5 Å². The van der Waals surface area contributed by atoms with Gasteiger partial charge >= 0.3 is 6.61 Å². The van der Waals surface area contributed by atoms with Crippen molar-refractivity contribution in [2.75, 3.05) is 25.5 Å². The summed E-state index contributed by atoms with van der Waals surface area (Å²) in [5.74, 6) is -0.700. The molecule has 1 aliphatic rings. The van der Waals surface area contributed by atoms with Crippen LogP contribution in [-0.4, -0.2) is 45.4 Å². The summed E-state index contributed by atoms with van der Waals surface area (Å²) in [6.45, 7) is -2.00. The third-order valence-electron chi connectivity index (χ3n) is 4.96. The van der Waals surface area contributed by atoms with Gasteiger partial charge in [-0.25, -0.2) is 8.42 Å². The Morgan fingerprint density at radius 2 is 1.65 bits per heavy atom. The van der Waals surface area contributed by atoms with E-state index in [9.17, 15) is 22.0 Å². The molecule has 0 spiro atoms. The van der Waals surface area contributed by atoms with Crippen molar-refractivity contribution >= 4 is 21.6 Å². The Kier molecular flexibility index (Phi) is 7.45. The molecule has 0 saturated carbocycles. The summed E-state index contributed by atoms with van der Waals surface area (Å²) in [7, 11) is -2.30. The second-order valence-electron chi connectivity index (χ2n) is 7.04. The molecule has 31 heavy (non-hydrogen) atoms. The fourth-order valence-electron chi connectivity index (χ4n) is 3.35. The number of nitrogens with zero attached hydrogens (tertiary/aromatic N) is 1. The topological polar surface area (TPSA) is 84.9 Å². The normalized spacial score (nSPS) is 15.4. The van der Waals surface area contributed by atoms with E-state index in [4.69, 9.17) is 4.74 Å². The van der Waals surface area contributed by atoms with Gasteiger partial charge in [-0.2, -0.15) is 13.1 Å². The van der Waals surface area contributed by atoms with E-state index in [0.29, 0.717) is 18.8 Å². The Hall–Kier alpha value is -2.72. The molecule has 2 aromatic carbocycles. The van der Waals surface area contributed by atoms with Gasteiger partial charge in [-0.05, 0) is 55.3 Å². The first-order chi connectivity index (χ1) is 14.8. The highest BCUT2D eigenvalue weighted by atomic mass is 32.2. The minimum Gasteiger partial charge on any atom is -0.493 e. The van der Waals surface area contributed by atoms with Crippen LogP contribution in [-0.2, 0) is 10.0 Å². The van der Waals surface area contributed by atoms with E-state index in [1.807, 2.05) is 0 Å². The molecule has 0 bridgehead atoms. The molecule has 2 aromatic rings. The maximum absolute atomic E-state index is 12.8. The number of ether oxygens (including phenoxy) is 2. The zero-order valence-corrected chi connectivity index (χ0v) is 17.8. The molecule has 0 aliphatic carbocycles. The second kappa shape index (κ2) is 10.1. The number of nitrogens with one attached hydrogen (secondary N) is 1. The van der Waals surface area contributed by atoms with E-state index >= 15 is 0 Å². The number of alkyl halides is 2. The lowest BCUT2D eigenvalue weighted by Crippen LogP contribution is -2.31. The summed E-state index contributed by atoms with van der Waals surface area (Å²) in [4.78, 5) is 12.7. The molecule has 0 unspecified atom stereocenters. The number of carbonyl (C=O) groups excluding carboxylic acids is 1. The van der Waals surface area contributed by atoms with E-state index in [1.54, 1.807) is 0 Å². The van der Waals surface area contributed by atoms with Crippen molar-refractivity contribution in [3.05, 3.63) is 48.0 Å². The first-order valence-corrected chi connectivity index (χ1v) is 11.3. The number of sulfonamides is 1. The van der Waals surface area contributed by atoms with E-state index in [-0.39, 0.29) is 22.0 Å². The largest absolute Gasteiger partial charge is 0.493 e. The Bertz CT molecular complexity index is 1000. The molecule has 0 aromatic heterocycles. The average Bonchev–Trinajstić information content (AvgIpc) is 3.04. The zero-order valence-electron chi connectivity index (χ0n) is 17.0. The van der Waals surface area contributed by atoms with Gasteiger partial charge in [0.2, 0.25) is 10.0 Å². The maximum Gasteiger partial charge on any atom is 0.387 e. The highest BCUT2D eigenvalue weighted by Crippen LogP contribution is 2.30. The summed E-state index contributed by atoms with van der Waals surface area (Å²) in [5, 5.41) is 2.65. The first-order valence-electron chi connectivity index (χ1n) is 9.85. The van der Waals surface area contributed by atoms with Crippen LogP contribution in [0, 0.1) is 0 Å². The molecule has 1 fully saturated rings. The van der Waals surface area contributed by atoms with E-state index in [0.717, 1.165) is 25.7 Å². The van der Waals surface area contributed by atoms with Crippen LogP contribution < -0.4 is 14.8 Å². The standard InChI is InChI=1S/C21H24F2N2O5S/c1-29-19-14-15(6-11-18(19)30-21(22)23)20(26)24-16-7-9-17(10-8-16)31(27,28)25-12-4-2-3-5-13-25/h6-11,14,21H,2-5,12-13H2,1H3,(H,24,26). The number of hydrogen-bond donors (Lipinski definition) is 1. The average molecular weight is 454 g/mol. The van der Waals surface area contributed by atoms with Crippen LogP contribution in [0.15, 0.2) is 47.4 Å². The summed E-state index contributed by atoms with van der Waals surface area (Å²) in [6, 6.07) is 9.75. The number of halogens is 2. The van der Waals surface area contributed by atoms with Crippen LogP contribution in [0.2, 0.25) is 0 Å². The number of methoxy groups -OCH3 is 1. The molecule has 1 amide bonds. The molecule has 168 valence electrons. The lowest BCUT2D eigenvalue weighted by molar-refractivity contribution is -0.0512. The SMILES string of the molecule is COc1cc(C(=O)Nc2ccc(S(=O)(=O)N3CCCCCC3)cc2)ccc1OC(F)F. The molecule has 0 radical (unpaired) electrons. The first kappa shape index (κ1) is 23.0. The predicted molar refractivity (Wildman–Crippen MR) is 111 cm³/mol. The number of rotatable bonds is 7. The van der Waals surface area contributed by atoms with Crippen LogP contribution >= 0.6 is 0 Å². The van der Waals surface area contributed by atoms with Crippen molar-refractivity contribution < 1.29 is 31.5 Å². The van der Waals surface area contributed by atoms with Gasteiger partial charge in [0.05, 0.1) is 12.0 Å². The van der Waals surface area contributed by atoms with Crippen molar-refractivity contribution in [3.63, 3.8) is 0 Å². The zero-order chi connectivity index (χ0) is 22.4. The summed E-state index contributed by atoms with van der Waals surface area (Å²) < 4.78 is 61.4. The van der Waals surface area contributed by atoms with E-state index in [1.165, 1.54) is 53.9 Å². The highest BCUT2D eigenvalue weighted by Gasteiger charge is 2.25. The molecule has 1 heterocycles. The van der Waals surface area contributed by atoms with Crippen molar-refractivity contribution in [1.29, 1.82) is 0 Å². The molecule has 3 rings (SSSR count). The fourth-order valence-corrected chi connectivity index (χ4v) is 4.86. The van der Waals surface area contributed by atoms with Gasteiger partial charge in [-0.1, -0.05) is 12.8 Å². The second-order valence-corrected chi connectivity index (χ2v) is 8.98. The Balaban J connectivity index is 1.71. The minimum atomic E-state index is -3.58. The smallest absolute Gasteiger partial charge is 0.387 e. The molecule has 1 N–H and O–H groups in total. The predicted octanol–water partition coefficient (Wildman–Crippen LogP) is 4.11. The van der Waals surface area contributed by atoms with E-state index in [2.05, 4.69) is 10.1 Å². The van der Waals surface area contributed by atoms with Crippen LogP contribution in [0.3, 0.4) is 0 Å². The van der Waals surface area contributed by atoms with Gasteiger partial charge in [0.1, 0.15) is 0 Å². The number of benzene rings is 2. The van der Waals surface area contributed by atoms with Crippen LogP contribution in [0.25, 0.3) is 0 Å². The highest BCUT2D eigenvalue weighted by molar-refractivity contribution is 7.89. The van der Waals surface area contributed by atoms with Crippen LogP contribution in [0.4, 0.5) is 14.5 Å². The maximum atomic E-state index is 12.8. The van der Waals surface area contributed by atoms with Gasteiger partial charge < -0.3 is 14.8 Å². The van der Waals surface area contributed by atoms with Crippen molar-refractivity contribution in [2.45, 2.75) is 37.2 Å². The Labute approximate surface area is 180 Å². The monoisotopic (exact) mass is 454 g/mol. The summed E-state index contributed by atoms with van der Waals surface area (Å²) in [6.07, 6.45) is 3.74. The third kappa shape index (κ3) is 5.71. The molecule has 1 saturated heterocycles. The lowest BCUT2D eigenvalue weighted by atomic mass is 10.2. The molecular formula is C21H24F2N2O5S. The quantitative estimate of drug-likeness (QED) is 0.681. The lowest BCUT2D eigenvalue weighted by Gasteiger charge is -2.20. The van der Waals surface area contributed by atoms with Gasteiger partial charge in [0.15, 0.2) is 11.5 Å². The van der Waals surface area contributed by atoms with Gasteiger partial charge in [0.25, 0.3) is 5.91 Å². The molecule has 10 heteroatoms. The number of carbonyl (C=O) groups is 1. The summed E-state index contributed by atoms with van der Waals surface area (Å²) in [5.41, 5.74) is 0.562. The molecule has 0 atom stereocenters. The molecule has 7 nitrogen and oxygen atoms in total. The minimum absolute atomic E-state index is 0.00755. The number of anilines is 1. The number of hydrogen-bond acceptors (Lipinski definition) is 5. The van der Waals surface area contributed by atoms with Crippen molar-refractivity contribution in [3.8, 4) is 11.5 Å². The van der Waals surface area contributed by atoms with E-state index < -0.39 is 22.5 Å². The summed E-state index contributed by atoms with van der Waals surface area (Å²) >= 11 is 0. The van der Waals surface area contributed by atoms with Gasteiger partial charge in [-0.3, -0.25) is 4.79 Å².